The Bertz CT molecular complexity index is 603. The van der Waals surface area contributed by atoms with Crippen molar-refractivity contribution in [2.75, 3.05) is 0 Å². The van der Waals surface area contributed by atoms with Crippen LogP contribution in [-0.4, -0.2) is 16.0 Å². The number of hydrogen-bond donors (Lipinski definition) is 2. The van der Waals surface area contributed by atoms with Crippen LogP contribution in [0.25, 0.3) is 0 Å². The van der Waals surface area contributed by atoms with Crippen molar-refractivity contribution in [1.29, 1.82) is 0 Å². The lowest BCUT2D eigenvalue weighted by Crippen LogP contribution is -2.01. The van der Waals surface area contributed by atoms with Gasteiger partial charge >= 0.3 is 0 Å². The van der Waals surface area contributed by atoms with Crippen LogP contribution in [0.4, 0.5) is 0 Å². The Balaban J connectivity index is 2.47. The first kappa shape index (κ1) is 12.7. The lowest BCUT2D eigenvalue weighted by Gasteiger charge is -2.05. The van der Waals surface area contributed by atoms with Crippen LogP contribution in [0.2, 0.25) is 10.0 Å². The van der Waals surface area contributed by atoms with Crippen molar-refractivity contribution in [3.8, 4) is 11.5 Å². The number of hydrogen-bond acceptors (Lipinski definition) is 3. The van der Waals surface area contributed by atoms with Crippen molar-refractivity contribution in [3.05, 3.63) is 57.6 Å². The van der Waals surface area contributed by atoms with Gasteiger partial charge in [0.25, 0.3) is 0 Å². The van der Waals surface area contributed by atoms with E-state index in [1.54, 1.807) is 0 Å². The van der Waals surface area contributed by atoms with E-state index >= 15 is 0 Å². The first-order valence-corrected chi connectivity index (χ1v) is 5.76. The van der Waals surface area contributed by atoms with Crippen molar-refractivity contribution >= 4 is 29.0 Å². The molecule has 0 aliphatic heterocycles. The number of aromatic hydroxyl groups is 2. The van der Waals surface area contributed by atoms with Crippen molar-refractivity contribution < 1.29 is 15.0 Å². The summed E-state index contributed by atoms with van der Waals surface area (Å²) in [5, 5.41) is 19.5. The number of halogens is 2. The summed E-state index contributed by atoms with van der Waals surface area (Å²) in [5.41, 5.74) is 0.347. The largest absolute Gasteiger partial charge is 0.508 e. The number of benzene rings is 2. The Kier molecular flexibility index (Phi) is 3.45. The molecular formula is C13H8Cl2O3. The van der Waals surface area contributed by atoms with E-state index in [9.17, 15) is 9.90 Å². The van der Waals surface area contributed by atoms with E-state index in [-0.39, 0.29) is 22.6 Å². The summed E-state index contributed by atoms with van der Waals surface area (Å²) in [6.45, 7) is 0. The van der Waals surface area contributed by atoms with Gasteiger partial charge in [0, 0.05) is 21.7 Å². The normalized spacial score (nSPS) is 10.3. The third-order valence-corrected chi connectivity index (χ3v) is 2.79. The molecule has 5 heteroatoms. The van der Waals surface area contributed by atoms with E-state index in [4.69, 9.17) is 28.3 Å². The third-order valence-electron chi connectivity index (χ3n) is 2.35. The molecule has 92 valence electrons. The van der Waals surface area contributed by atoms with Gasteiger partial charge in [-0.2, -0.15) is 0 Å². The highest BCUT2D eigenvalue weighted by Crippen LogP contribution is 2.27. The quantitative estimate of drug-likeness (QED) is 0.827. The first-order valence-electron chi connectivity index (χ1n) is 5.00. The van der Waals surface area contributed by atoms with Gasteiger partial charge in [-0.25, -0.2) is 0 Å². The fourth-order valence-corrected chi connectivity index (χ4v) is 2.08. The summed E-state index contributed by atoms with van der Waals surface area (Å²) in [5.74, 6) is -0.832. The molecule has 0 heterocycles. The van der Waals surface area contributed by atoms with Crippen LogP contribution >= 0.6 is 23.2 Å². The Labute approximate surface area is 113 Å². The zero-order valence-corrected chi connectivity index (χ0v) is 10.5. The molecule has 0 atom stereocenters. The van der Waals surface area contributed by atoms with Crippen LogP contribution in [-0.2, 0) is 0 Å². The maximum absolute atomic E-state index is 12.1. The Morgan fingerprint density at radius 2 is 1.56 bits per heavy atom. The first-order chi connectivity index (χ1) is 8.47. The van der Waals surface area contributed by atoms with Gasteiger partial charge in [-0.1, -0.05) is 23.2 Å². The molecule has 0 saturated carbocycles. The fourth-order valence-electron chi connectivity index (χ4n) is 1.55. The van der Waals surface area contributed by atoms with Gasteiger partial charge < -0.3 is 10.2 Å². The molecule has 0 amide bonds. The smallest absolute Gasteiger partial charge is 0.196 e. The predicted octanol–water partition coefficient (Wildman–Crippen LogP) is 3.64. The number of carbonyl (C=O) groups is 1. The molecule has 2 rings (SSSR count). The maximum Gasteiger partial charge on any atom is 0.196 e. The van der Waals surface area contributed by atoms with Gasteiger partial charge in [-0.3, -0.25) is 4.79 Å². The summed E-state index contributed by atoms with van der Waals surface area (Å²) in [6, 6.07) is 8.18. The minimum atomic E-state index is -0.420. The number of ketones is 1. The molecule has 0 radical (unpaired) electrons. The van der Waals surface area contributed by atoms with Gasteiger partial charge in [-0.15, -0.1) is 0 Å². The van der Waals surface area contributed by atoms with E-state index in [0.717, 1.165) is 6.07 Å². The molecule has 18 heavy (non-hydrogen) atoms. The van der Waals surface area contributed by atoms with Crippen LogP contribution in [0.3, 0.4) is 0 Å². The zero-order valence-electron chi connectivity index (χ0n) is 9.02. The Morgan fingerprint density at radius 1 is 0.944 bits per heavy atom. The average molecular weight is 283 g/mol. The molecule has 0 saturated heterocycles. The molecule has 2 aromatic carbocycles. The van der Waals surface area contributed by atoms with Crippen molar-refractivity contribution in [2.24, 2.45) is 0 Å². The minimum Gasteiger partial charge on any atom is -0.508 e. The zero-order chi connectivity index (χ0) is 13.3. The summed E-state index contributed by atoms with van der Waals surface area (Å²) in [4.78, 5) is 12.1. The van der Waals surface area contributed by atoms with Crippen LogP contribution in [0.1, 0.15) is 15.9 Å². The van der Waals surface area contributed by atoms with Gasteiger partial charge in [0.1, 0.15) is 11.5 Å². The van der Waals surface area contributed by atoms with E-state index in [1.165, 1.54) is 30.3 Å². The summed E-state index contributed by atoms with van der Waals surface area (Å²) < 4.78 is 0. The highest BCUT2D eigenvalue weighted by atomic mass is 35.5. The average Bonchev–Trinajstić information content (AvgIpc) is 2.26. The van der Waals surface area contributed by atoms with Crippen molar-refractivity contribution in [1.82, 2.24) is 0 Å². The highest BCUT2D eigenvalue weighted by molar-refractivity contribution is 6.35. The van der Waals surface area contributed by atoms with Crippen LogP contribution in [0.15, 0.2) is 36.4 Å². The molecule has 0 spiro atoms. The minimum absolute atomic E-state index is 0.0751. The second kappa shape index (κ2) is 4.88. The van der Waals surface area contributed by atoms with Crippen LogP contribution < -0.4 is 0 Å². The molecule has 0 unspecified atom stereocenters. The van der Waals surface area contributed by atoms with Crippen LogP contribution in [0.5, 0.6) is 11.5 Å². The SMILES string of the molecule is O=C(c1cc(Cl)cc(Cl)c1)c1ccc(O)cc1O. The molecule has 0 aromatic heterocycles. The molecule has 2 N–H and O–H groups in total. The Hall–Kier alpha value is -1.71. The second-order valence-electron chi connectivity index (χ2n) is 3.69. The van der Waals surface area contributed by atoms with Gasteiger partial charge in [0.2, 0.25) is 0 Å². The van der Waals surface area contributed by atoms with E-state index in [0.29, 0.717) is 10.0 Å². The number of phenols is 2. The molecule has 3 nitrogen and oxygen atoms in total. The van der Waals surface area contributed by atoms with Gasteiger partial charge in [-0.05, 0) is 30.3 Å². The summed E-state index contributed by atoms with van der Waals surface area (Å²) in [6.07, 6.45) is 0. The molecule has 0 bridgehead atoms. The number of phenolic OH excluding ortho intramolecular Hbond substituents is 2. The highest BCUT2D eigenvalue weighted by Gasteiger charge is 2.15. The summed E-state index contributed by atoms with van der Waals surface area (Å²) in [7, 11) is 0. The van der Waals surface area contributed by atoms with Crippen molar-refractivity contribution in [2.45, 2.75) is 0 Å². The van der Waals surface area contributed by atoms with E-state index < -0.39 is 5.78 Å². The maximum atomic E-state index is 12.1. The van der Waals surface area contributed by atoms with Crippen molar-refractivity contribution in [3.63, 3.8) is 0 Å². The van der Waals surface area contributed by atoms with E-state index in [1.807, 2.05) is 0 Å². The summed E-state index contributed by atoms with van der Waals surface area (Å²) >= 11 is 11.6. The monoisotopic (exact) mass is 282 g/mol. The second-order valence-corrected chi connectivity index (χ2v) is 4.56. The lowest BCUT2D eigenvalue weighted by atomic mass is 10.0. The molecule has 0 aliphatic rings. The topological polar surface area (TPSA) is 57.5 Å². The number of rotatable bonds is 2. The molecule has 2 aromatic rings. The van der Waals surface area contributed by atoms with Gasteiger partial charge in [0.05, 0.1) is 5.56 Å². The number of carbonyl (C=O) groups excluding carboxylic acids is 1. The lowest BCUT2D eigenvalue weighted by molar-refractivity contribution is 0.103. The fraction of sp³-hybridized carbons (Fsp3) is 0. The van der Waals surface area contributed by atoms with Gasteiger partial charge in [0.15, 0.2) is 5.78 Å². The molecule has 0 fully saturated rings. The Morgan fingerprint density at radius 3 is 2.11 bits per heavy atom. The van der Waals surface area contributed by atoms with Crippen LogP contribution in [0, 0.1) is 0 Å². The van der Waals surface area contributed by atoms with E-state index in [2.05, 4.69) is 0 Å². The standard InChI is InChI=1S/C13H8Cl2O3/c14-8-3-7(4-9(15)5-8)13(18)11-2-1-10(16)6-12(11)17/h1-6,16-17H. The molecule has 0 aliphatic carbocycles. The predicted molar refractivity (Wildman–Crippen MR) is 69.7 cm³/mol. The molecular weight excluding hydrogens is 275 g/mol. The third kappa shape index (κ3) is 2.58.